The van der Waals surface area contributed by atoms with Crippen LogP contribution >= 0.6 is 11.3 Å². The smallest absolute Gasteiger partial charge is 0.303 e. The molecule has 1 aromatic heterocycles. The van der Waals surface area contributed by atoms with Crippen molar-refractivity contribution in [2.75, 3.05) is 0 Å². The monoisotopic (exact) mass is 278 g/mol. The van der Waals surface area contributed by atoms with Crippen molar-refractivity contribution in [3.05, 3.63) is 11.2 Å². The lowest BCUT2D eigenvalue weighted by atomic mass is 10.2. The van der Waals surface area contributed by atoms with Crippen LogP contribution in [-0.2, 0) is 14.8 Å². The summed E-state index contributed by atoms with van der Waals surface area (Å²) in [7, 11) is -3.57. The van der Waals surface area contributed by atoms with E-state index in [0.717, 1.165) is 11.3 Å². The first-order chi connectivity index (χ1) is 7.81. The van der Waals surface area contributed by atoms with Gasteiger partial charge in [-0.1, -0.05) is 0 Å². The van der Waals surface area contributed by atoms with Crippen molar-refractivity contribution in [2.24, 2.45) is 0 Å². The molecule has 1 rings (SSSR count). The number of sulfonamides is 1. The van der Waals surface area contributed by atoms with Gasteiger partial charge >= 0.3 is 5.97 Å². The molecular weight excluding hydrogens is 264 g/mol. The highest BCUT2D eigenvalue weighted by Gasteiger charge is 2.20. The van der Waals surface area contributed by atoms with Gasteiger partial charge < -0.3 is 5.11 Å². The Kier molecular flexibility index (Phi) is 4.61. The summed E-state index contributed by atoms with van der Waals surface area (Å²) < 4.78 is 26.2. The highest BCUT2D eigenvalue weighted by Crippen LogP contribution is 2.18. The van der Waals surface area contributed by atoms with Crippen LogP contribution in [0.2, 0.25) is 0 Å². The normalized spacial score (nSPS) is 13.5. The number of hydrogen-bond acceptors (Lipinski definition) is 5. The first-order valence-electron chi connectivity index (χ1n) is 4.98. The molecule has 0 saturated carbocycles. The van der Waals surface area contributed by atoms with E-state index < -0.39 is 22.0 Å². The van der Waals surface area contributed by atoms with Gasteiger partial charge in [0.05, 0.1) is 11.2 Å². The van der Waals surface area contributed by atoms with E-state index in [4.69, 9.17) is 5.11 Å². The van der Waals surface area contributed by atoms with Crippen LogP contribution < -0.4 is 4.72 Å². The van der Waals surface area contributed by atoms with Gasteiger partial charge in [-0.2, -0.15) is 0 Å². The largest absolute Gasteiger partial charge is 0.481 e. The van der Waals surface area contributed by atoms with Crippen LogP contribution in [0.25, 0.3) is 0 Å². The summed E-state index contributed by atoms with van der Waals surface area (Å²) in [6.07, 6.45) is 1.49. The van der Waals surface area contributed by atoms with Gasteiger partial charge in [-0.25, -0.2) is 18.1 Å². The van der Waals surface area contributed by atoms with Crippen molar-refractivity contribution < 1.29 is 18.3 Å². The maximum atomic E-state index is 11.8. The van der Waals surface area contributed by atoms with Crippen LogP contribution in [0.15, 0.2) is 10.4 Å². The third-order valence-corrected chi connectivity index (χ3v) is 4.98. The second-order valence-electron chi connectivity index (χ2n) is 3.65. The Morgan fingerprint density at radius 2 is 2.29 bits per heavy atom. The minimum atomic E-state index is -3.57. The number of nitrogens with one attached hydrogen (secondary N) is 1. The molecule has 17 heavy (non-hydrogen) atoms. The van der Waals surface area contributed by atoms with E-state index in [9.17, 15) is 13.2 Å². The van der Waals surface area contributed by atoms with Crippen LogP contribution in [0.5, 0.6) is 0 Å². The fourth-order valence-electron chi connectivity index (χ4n) is 1.19. The quantitative estimate of drug-likeness (QED) is 0.808. The summed E-state index contributed by atoms with van der Waals surface area (Å²) in [6.45, 7) is 3.35. The average Bonchev–Trinajstić information content (AvgIpc) is 2.62. The van der Waals surface area contributed by atoms with Gasteiger partial charge in [0, 0.05) is 12.5 Å². The van der Waals surface area contributed by atoms with E-state index in [1.807, 2.05) is 0 Å². The minimum absolute atomic E-state index is 0.0641. The summed E-state index contributed by atoms with van der Waals surface area (Å²) in [5.74, 6) is -0.940. The second kappa shape index (κ2) is 5.56. The molecule has 0 aliphatic rings. The van der Waals surface area contributed by atoms with Gasteiger partial charge in [0.25, 0.3) is 10.0 Å². The SMILES string of the molecule is Cc1ncc(S(=O)(=O)NC(C)CCC(=O)O)s1. The highest BCUT2D eigenvalue weighted by molar-refractivity contribution is 7.91. The van der Waals surface area contributed by atoms with E-state index in [1.54, 1.807) is 13.8 Å². The van der Waals surface area contributed by atoms with E-state index in [2.05, 4.69) is 9.71 Å². The predicted octanol–water partition coefficient (Wildman–Crippen LogP) is 0.983. The number of aromatic nitrogens is 1. The number of aryl methyl sites for hydroxylation is 1. The molecule has 1 aromatic rings. The molecule has 0 aromatic carbocycles. The van der Waals surface area contributed by atoms with Gasteiger partial charge in [0.1, 0.15) is 0 Å². The zero-order valence-corrected chi connectivity index (χ0v) is 11.1. The van der Waals surface area contributed by atoms with Gasteiger partial charge in [0.2, 0.25) is 0 Å². The lowest BCUT2D eigenvalue weighted by molar-refractivity contribution is -0.137. The third kappa shape index (κ3) is 4.41. The molecule has 96 valence electrons. The number of carboxylic acid groups (broad SMARTS) is 1. The highest BCUT2D eigenvalue weighted by atomic mass is 32.2. The predicted molar refractivity (Wildman–Crippen MR) is 63.5 cm³/mol. The van der Waals surface area contributed by atoms with Crippen LogP contribution in [0.4, 0.5) is 0 Å². The van der Waals surface area contributed by atoms with Crippen molar-refractivity contribution >= 4 is 27.3 Å². The molecule has 0 aliphatic heterocycles. The van der Waals surface area contributed by atoms with Gasteiger partial charge in [0.15, 0.2) is 4.21 Å². The van der Waals surface area contributed by atoms with Crippen LogP contribution in [0, 0.1) is 6.92 Å². The molecule has 8 heteroatoms. The Hall–Kier alpha value is -0.990. The third-order valence-electron chi connectivity index (χ3n) is 2.01. The van der Waals surface area contributed by atoms with Gasteiger partial charge in [-0.05, 0) is 20.3 Å². The zero-order chi connectivity index (χ0) is 13.1. The summed E-state index contributed by atoms with van der Waals surface area (Å²) in [4.78, 5) is 14.2. The summed E-state index contributed by atoms with van der Waals surface area (Å²) >= 11 is 1.08. The minimum Gasteiger partial charge on any atom is -0.481 e. The van der Waals surface area contributed by atoms with Crippen molar-refractivity contribution in [1.82, 2.24) is 9.71 Å². The molecule has 2 N–H and O–H groups in total. The van der Waals surface area contributed by atoms with Crippen LogP contribution in [0.1, 0.15) is 24.8 Å². The maximum Gasteiger partial charge on any atom is 0.303 e. The maximum absolute atomic E-state index is 11.8. The molecule has 1 unspecified atom stereocenters. The van der Waals surface area contributed by atoms with E-state index in [0.29, 0.717) is 5.01 Å². The van der Waals surface area contributed by atoms with Crippen LogP contribution in [-0.4, -0.2) is 30.5 Å². The van der Waals surface area contributed by atoms with E-state index in [1.165, 1.54) is 6.20 Å². The Bertz CT molecular complexity index is 495. The number of rotatable bonds is 6. The molecule has 1 atom stereocenters. The first-order valence-corrected chi connectivity index (χ1v) is 7.28. The molecule has 0 amide bonds. The number of hydrogen-bond donors (Lipinski definition) is 2. The lowest BCUT2D eigenvalue weighted by Crippen LogP contribution is -2.32. The first kappa shape index (κ1) is 14.1. The summed E-state index contributed by atoms with van der Waals surface area (Å²) in [5.41, 5.74) is 0. The van der Waals surface area contributed by atoms with Gasteiger partial charge in [-0.15, -0.1) is 11.3 Å². The number of aliphatic carboxylic acids is 1. The number of carbonyl (C=O) groups is 1. The van der Waals surface area contributed by atoms with Gasteiger partial charge in [-0.3, -0.25) is 4.79 Å². The molecule has 0 spiro atoms. The van der Waals surface area contributed by atoms with Crippen LogP contribution in [0.3, 0.4) is 0 Å². The van der Waals surface area contributed by atoms with Crippen molar-refractivity contribution in [3.63, 3.8) is 0 Å². The lowest BCUT2D eigenvalue weighted by Gasteiger charge is -2.11. The van der Waals surface area contributed by atoms with Crippen molar-refractivity contribution in [2.45, 2.75) is 36.9 Å². The Balaban J connectivity index is 2.64. The molecule has 6 nitrogen and oxygen atoms in total. The number of carboxylic acids is 1. The fraction of sp³-hybridized carbons (Fsp3) is 0.556. The number of thiazole rings is 1. The molecule has 0 bridgehead atoms. The van der Waals surface area contributed by atoms with E-state index in [-0.39, 0.29) is 17.1 Å². The van der Waals surface area contributed by atoms with Crippen molar-refractivity contribution in [3.8, 4) is 0 Å². The molecule has 0 saturated heterocycles. The Labute approximate surface area is 104 Å². The molecule has 1 heterocycles. The fourth-order valence-corrected chi connectivity index (χ4v) is 3.59. The number of nitrogens with zero attached hydrogens (tertiary/aromatic N) is 1. The molecular formula is C9H14N2O4S2. The summed E-state index contributed by atoms with van der Waals surface area (Å²) in [6, 6.07) is -0.418. The average molecular weight is 278 g/mol. The summed E-state index contributed by atoms with van der Waals surface area (Å²) in [5, 5.41) is 9.17. The standard InChI is InChI=1S/C9H14N2O4S2/c1-6(3-4-8(12)13)11-17(14,15)9-5-10-7(2)16-9/h5-6,11H,3-4H2,1-2H3,(H,12,13). The van der Waals surface area contributed by atoms with E-state index >= 15 is 0 Å². The molecule has 0 aliphatic carbocycles. The zero-order valence-electron chi connectivity index (χ0n) is 9.50. The second-order valence-corrected chi connectivity index (χ2v) is 6.83. The Morgan fingerprint density at radius 3 is 2.76 bits per heavy atom. The molecule has 0 radical (unpaired) electrons. The topological polar surface area (TPSA) is 96.4 Å². The molecule has 0 fully saturated rings. The van der Waals surface area contributed by atoms with Crippen molar-refractivity contribution in [1.29, 1.82) is 0 Å². The Morgan fingerprint density at radius 1 is 1.65 bits per heavy atom.